The Morgan fingerprint density at radius 2 is 2.28 bits per heavy atom. The second-order valence-electron chi connectivity index (χ2n) is 4.76. The molecule has 1 aromatic carbocycles. The molecule has 96 valence electrons. The van der Waals surface area contributed by atoms with Gasteiger partial charge in [-0.3, -0.25) is 4.79 Å². The number of carbonyl (C=O) groups excluding carboxylic acids is 1. The highest BCUT2D eigenvalue weighted by Crippen LogP contribution is 2.21. The molecule has 1 aliphatic heterocycles. The molecule has 1 saturated heterocycles. The Labute approximate surface area is 106 Å². The number of aliphatic carboxylic acids is 1. The first-order valence-electron chi connectivity index (χ1n) is 6.16. The Balaban J connectivity index is 2.18. The lowest BCUT2D eigenvalue weighted by Crippen LogP contribution is -2.47. The van der Waals surface area contributed by atoms with Gasteiger partial charge >= 0.3 is 5.97 Å². The van der Waals surface area contributed by atoms with Crippen LogP contribution in [0.4, 0.5) is 0 Å². The maximum Gasteiger partial charge on any atom is 0.326 e. The smallest absolute Gasteiger partial charge is 0.326 e. The fourth-order valence-electron chi connectivity index (χ4n) is 2.38. The van der Waals surface area contributed by atoms with Crippen molar-refractivity contribution >= 4 is 11.9 Å². The second-order valence-corrected chi connectivity index (χ2v) is 4.76. The zero-order valence-electron chi connectivity index (χ0n) is 10.4. The number of benzene rings is 1. The van der Waals surface area contributed by atoms with Crippen molar-refractivity contribution in [1.82, 2.24) is 4.90 Å². The molecule has 0 unspecified atom stereocenters. The standard InChI is InChI=1S/C14H17NO3/c1-10-4-2-5-11(8-10)9-15-12(14(17)18)6-3-7-13(15)16/h2,4-5,8,12H,3,6-7,9H2,1H3,(H,17,18)/t12-/m0/s1. The van der Waals surface area contributed by atoms with Gasteiger partial charge in [-0.15, -0.1) is 0 Å². The molecule has 1 aromatic rings. The molecule has 18 heavy (non-hydrogen) atoms. The van der Waals surface area contributed by atoms with Crippen LogP contribution in [0.5, 0.6) is 0 Å². The van der Waals surface area contributed by atoms with E-state index in [9.17, 15) is 9.59 Å². The number of hydrogen-bond donors (Lipinski definition) is 1. The maximum absolute atomic E-state index is 11.9. The van der Waals surface area contributed by atoms with Crippen molar-refractivity contribution in [2.75, 3.05) is 0 Å². The summed E-state index contributed by atoms with van der Waals surface area (Å²) < 4.78 is 0. The molecular formula is C14H17NO3. The van der Waals surface area contributed by atoms with E-state index < -0.39 is 12.0 Å². The largest absolute Gasteiger partial charge is 0.480 e. The molecule has 1 heterocycles. The second kappa shape index (κ2) is 5.21. The molecule has 0 bridgehead atoms. The number of likely N-dealkylation sites (tertiary alicyclic amines) is 1. The quantitative estimate of drug-likeness (QED) is 0.888. The zero-order valence-corrected chi connectivity index (χ0v) is 10.4. The van der Waals surface area contributed by atoms with Crippen LogP contribution in [0.15, 0.2) is 24.3 Å². The van der Waals surface area contributed by atoms with Crippen LogP contribution in [0.3, 0.4) is 0 Å². The fourth-order valence-corrected chi connectivity index (χ4v) is 2.38. The summed E-state index contributed by atoms with van der Waals surface area (Å²) in [6.07, 6.45) is 1.67. The number of nitrogens with zero attached hydrogens (tertiary/aromatic N) is 1. The molecule has 0 spiro atoms. The van der Waals surface area contributed by atoms with Crippen LogP contribution in [0.1, 0.15) is 30.4 Å². The first-order valence-corrected chi connectivity index (χ1v) is 6.16. The normalized spacial score (nSPS) is 19.9. The lowest BCUT2D eigenvalue weighted by atomic mass is 10.0. The van der Waals surface area contributed by atoms with E-state index in [2.05, 4.69) is 0 Å². The summed E-state index contributed by atoms with van der Waals surface area (Å²) in [5.41, 5.74) is 2.10. The van der Waals surface area contributed by atoms with E-state index >= 15 is 0 Å². The molecule has 0 aromatic heterocycles. The minimum atomic E-state index is -0.907. The van der Waals surface area contributed by atoms with Gasteiger partial charge in [-0.25, -0.2) is 4.79 Å². The molecule has 1 N–H and O–H groups in total. The SMILES string of the molecule is Cc1cccc(CN2C(=O)CCC[C@H]2C(=O)O)c1. The summed E-state index contributed by atoms with van der Waals surface area (Å²) >= 11 is 0. The van der Waals surface area contributed by atoms with Crippen molar-refractivity contribution in [3.05, 3.63) is 35.4 Å². The van der Waals surface area contributed by atoms with E-state index in [-0.39, 0.29) is 5.91 Å². The average Bonchev–Trinajstić information content (AvgIpc) is 2.31. The van der Waals surface area contributed by atoms with E-state index in [0.717, 1.165) is 11.1 Å². The van der Waals surface area contributed by atoms with Gasteiger partial charge in [-0.1, -0.05) is 29.8 Å². The third kappa shape index (κ3) is 2.70. The molecule has 0 saturated carbocycles. The monoisotopic (exact) mass is 247 g/mol. The minimum Gasteiger partial charge on any atom is -0.480 e. The summed E-state index contributed by atoms with van der Waals surface area (Å²) in [4.78, 5) is 24.5. The first-order chi connectivity index (χ1) is 8.58. The number of rotatable bonds is 3. The van der Waals surface area contributed by atoms with Crippen molar-refractivity contribution in [3.63, 3.8) is 0 Å². The Morgan fingerprint density at radius 3 is 2.94 bits per heavy atom. The lowest BCUT2D eigenvalue weighted by molar-refractivity contribution is -0.153. The van der Waals surface area contributed by atoms with E-state index in [1.54, 1.807) is 0 Å². The van der Waals surface area contributed by atoms with Crippen molar-refractivity contribution in [1.29, 1.82) is 0 Å². The maximum atomic E-state index is 11.9. The predicted octanol–water partition coefficient (Wildman–Crippen LogP) is 1.96. The van der Waals surface area contributed by atoms with E-state index in [4.69, 9.17) is 5.11 Å². The van der Waals surface area contributed by atoms with Crippen LogP contribution in [-0.4, -0.2) is 27.9 Å². The van der Waals surface area contributed by atoms with Gasteiger partial charge < -0.3 is 10.0 Å². The highest BCUT2D eigenvalue weighted by molar-refractivity contribution is 5.84. The summed E-state index contributed by atoms with van der Waals surface area (Å²) in [5, 5.41) is 9.17. The van der Waals surface area contributed by atoms with Crippen LogP contribution < -0.4 is 0 Å². The van der Waals surface area contributed by atoms with E-state index in [1.165, 1.54) is 4.90 Å². The van der Waals surface area contributed by atoms with Gasteiger partial charge in [0, 0.05) is 13.0 Å². The Hall–Kier alpha value is -1.84. The van der Waals surface area contributed by atoms with Crippen LogP contribution in [-0.2, 0) is 16.1 Å². The van der Waals surface area contributed by atoms with Gasteiger partial charge in [-0.05, 0) is 25.3 Å². The lowest BCUT2D eigenvalue weighted by Gasteiger charge is -2.33. The summed E-state index contributed by atoms with van der Waals surface area (Å²) in [5.74, 6) is -0.967. The fraction of sp³-hybridized carbons (Fsp3) is 0.429. The molecule has 4 nitrogen and oxygen atoms in total. The van der Waals surface area contributed by atoms with Gasteiger partial charge in [-0.2, -0.15) is 0 Å². The molecule has 0 radical (unpaired) electrons. The molecule has 4 heteroatoms. The highest BCUT2D eigenvalue weighted by atomic mass is 16.4. The molecule has 0 aliphatic carbocycles. The molecule has 1 fully saturated rings. The van der Waals surface area contributed by atoms with Gasteiger partial charge in [0.2, 0.25) is 5.91 Å². The number of piperidine rings is 1. The van der Waals surface area contributed by atoms with Crippen molar-refractivity contribution in [2.24, 2.45) is 0 Å². The van der Waals surface area contributed by atoms with Crippen molar-refractivity contribution in [2.45, 2.75) is 38.8 Å². The first kappa shape index (κ1) is 12.6. The van der Waals surface area contributed by atoms with Gasteiger partial charge in [0.05, 0.1) is 0 Å². The number of amides is 1. The van der Waals surface area contributed by atoms with Crippen LogP contribution in [0, 0.1) is 6.92 Å². The van der Waals surface area contributed by atoms with Crippen LogP contribution in [0.2, 0.25) is 0 Å². The Kier molecular flexibility index (Phi) is 3.65. The Bertz CT molecular complexity index is 470. The predicted molar refractivity (Wildman–Crippen MR) is 67.0 cm³/mol. The zero-order chi connectivity index (χ0) is 13.1. The van der Waals surface area contributed by atoms with E-state index in [0.29, 0.717) is 25.8 Å². The summed E-state index contributed by atoms with van der Waals surface area (Å²) in [6, 6.07) is 7.14. The molecule has 1 amide bonds. The van der Waals surface area contributed by atoms with Gasteiger partial charge in [0.25, 0.3) is 0 Å². The van der Waals surface area contributed by atoms with Crippen LogP contribution in [0.25, 0.3) is 0 Å². The third-order valence-electron chi connectivity index (χ3n) is 3.29. The summed E-state index contributed by atoms with van der Waals surface area (Å²) in [6.45, 7) is 2.37. The highest BCUT2D eigenvalue weighted by Gasteiger charge is 2.32. The van der Waals surface area contributed by atoms with Crippen LogP contribution >= 0.6 is 0 Å². The van der Waals surface area contributed by atoms with E-state index in [1.807, 2.05) is 31.2 Å². The van der Waals surface area contributed by atoms with Crippen molar-refractivity contribution in [3.8, 4) is 0 Å². The minimum absolute atomic E-state index is 0.0600. The number of hydrogen-bond acceptors (Lipinski definition) is 2. The topological polar surface area (TPSA) is 57.6 Å². The average molecular weight is 247 g/mol. The molecule has 1 atom stereocenters. The third-order valence-corrected chi connectivity index (χ3v) is 3.29. The molecule has 1 aliphatic rings. The Morgan fingerprint density at radius 1 is 1.50 bits per heavy atom. The number of carboxylic acids is 1. The van der Waals surface area contributed by atoms with Gasteiger partial charge in [0.15, 0.2) is 0 Å². The number of carboxylic acid groups (broad SMARTS) is 1. The summed E-state index contributed by atoms with van der Waals surface area (Å²) in [7, 11) is 0. The van der Waals surface area contributed by atoms with Crippen molar-refractivity contribution < 1.29 is 14.7 Å². The molecule has 2 rings (SSSR count). The molecular weight excluding hydrogens is 230 g/mol. The number of aryl methyl sites for hydroxylation is 1. The van der Waals surface area contributed by atoms with Gasteiger partial charge in [0.1, 0.15) is 6.04 Å². The number of carbonyl (C=O) groups is 2.